The van der Waals surface area contributed by atoms with Crippen LogP contribution in [0.15, 0.2) is 72.9 Å². The van der Waals surface area contributed by atoms with E-state index in [0.29, 0.717) is 42.6 Å². The number of unbranched alkanes of at least 4 members (excludes halogenated alkanes) is 30. The summed E-state index contributed by atoms with van der Waals surface area (Å²) in [6.45, 7) is 8.67. The Kier molecular flexibility index (Phi) is 46.5. The van der Waals surface area contributed by atoms with Crippen LogP contribution in [-0.2, 0) is 0 Å². The zero-order valence-corrected chi connectivity index (χ0v) is 43.1. The SMILES string of the molecule is CCCCC/C=C\C/C=C\CCCCCCCCOc1cc(C=O)cc(OCCCCCCCC/C=C\C/C=C\CCCCC)c1OCCCCCCCCCCC/C=C\CCCCC. The molecule has 1 aromatic carbocycles. The summed E-state index contributed by atoms with van der Waals surface area (Å²) < 4.78 is 19.2. The van der Waals surface area contributed by atoms with Gasteiger partial charge in [0.1, 0.15) is 6.29 Å². The van der Waals surface area contributed by atoms with E-state index in [1.165, 1.54) is 199 Å². The number of carbonyl (C=O) groups is 1. The smallest absolute Gasteiger partial charge is 0.203 e. The first kappa shape index (κ1) is 60.0. The minimum Gasteiger partial charge on any atom is -0.490 e. The van der Waals surface area contributed by atoms with Crippen LogP contribution in [0.25, 0.3) is 0 Å². The van der Waals surface area contributed by atoms with Crippen molar-refractivity contribution in [1.29, 1.82) is 0 Å². The van der Waals surface area contributed by atoms with Gasteiger partial charge in [-0.15, -0.1) is 0 Å². The largest absolute Gasteiger partial charge is 0.490 e. The third-order valence-electron chi connectivity index (χ3n) is 12.3. The van der Waals surface area contributed by atoms with Gasteiger partial charge in [0.2, 0.25) is 5.75 Å². The highest BCUT2D eigenvalue weighted by Crippen LogP contribution is 2.39. The Balaban J connectivity index is 2.48. The van der Waals surface area contributed by atoms with Gasteiger partial charge in [-0.3, -0.25) is 4.79 Å². The summed E-state index contributed by atoms with van der Waals surface area (Å²) >= 11 is 0. The Bertz CT molecular complexity index is 1230. The maximum absolute atomic E-state index is 12.0. The van der Waals surface area contributed by atoms with Gasteiger partial charge in [-0.05, 0) is 121 Å². The Morgan fingerprint density at radius 1 is 0.323 bits per heavy atom. The van der Waals surface area contributed by atoms with E-state index in [4.69, 9.17) is 14.2 Å². The maximum Gasteiger partial charge on any atom is 0.203 e. The Labute approximate surface area is 404 Å². The molecule has 0 radical (unpaired) electrons. The van der Waals surface area contributed by atoms with Crippen molar-refractivity contribution in [2.45, 2.75) is 265 Å². The molecule has 1 rings (SSSR count). The summed E-state index contributed by atoms with van der Waals surface area (Å²) in [6.07, 6.45) is 71.5. The van der Waals surface area contributed by atoms with Gasteiger partial charge in [0.15, 0.2) is 11.5 Å². The van der Waals surface area contributed by atoms with E-state index < -0.39 is 0 Å². The molecule has 0 aromatic heterocycles. The molecular formula is C61H104O4. The molecule has 1 aromatic rings. The fourth-order valence-electron chi connectivity index (χ4n) is 8.09. The zero-order valence-electron chi connectivity index (χ0n) is 43.1. The molecule has 65 heavy (non-hydrogen) atoms. The average Bonchev–Trinajstić information content (AvgIpc) is 3.32. The number of allylic oxidation sites excluding steroid dienone is 10. The van der Waals surface area contributed by atoms with Crippen molar-refractivity contribution in [3.8, 4) is 17.2 Å². The van der Waals surface area contributed by atoms with Gasteiger partial charge in [-0.25, -0.2) is 0 Å². The number of carbonyl (C=O) groups excluding carboxylic acids is 1. The third kappa shape index (κ3) is 41.0. The first-order valence-electron chi connectivity index (χ1n) is 28.0. The molecule has 0 aliphatic rings. The van der Waals surface area contributed by atoms with E-state index in [1.807, 2.05) is 12.1 Å². The summed E-state index contributed by atoms with van der Waals surface area (Å²) in [4.78, 5) is 12.0. The molecule has 372 valence electrons. The second-order valence-corrected chi connectivity index (χ2v) is 18.6. The number of benzene rings is 1. The van der Waals surface area contributed by atoms with E-state index >= 15 is 0 Å². The molecule has 0 saturated heterocycles. The van der Waals surface area contributed by atoms with E-state index in [1.54, 1.807) is 0 Å². The molecular weight excluding hydrogens is 797 g/mol. The number of hydrogen-bond donors (Lipinski definition) is 0. The molecule has 4 heteroatoms. The highest BCUT2D eigenvalue weighted by molar-refractivity contribution is 5.78. The highest BCUT2D eigenvalue weighted by atomic mass is 16.5. The first-order chi connectivity index (χ1) is 32.3. The highest BCUT2D eigenvalue weighted by Gasteiger charge is 2.16. The molecule has 0 spiro atoms. The number of hydrogen-bond acceptors (Lipinski definition) is 4. The lowest BCUT2D eigenvalue weighted by atomic mass is 10.1. The minimum atomic E-state index is 0.579. The van der Waals surface area contributed by atoms with Crippen LogP contribution >= 0.6 is 0 Å². The van der Waals surface area contributed by atoms with E-state index in [-0.39, 0.29) is 0 Å². The van der Waals surface area contributed by atoms with Gasteiger partial charge in [0.05, 0.1) is 19.8 Å². The fraction of sp³-hybridized carbons (Fsp3) is 0.721. The Hall–Kier alpha value is -3.01. The monoisotopic (exact) mass is 901 g/mol. The molecule has 0 bridgehead atoms. The van der Waals surface area contributed by atoms with Gasteiger partial charge >= 0.3 is 0 Å². The van der Waals surface area contributed by atoms with Crippen LogP contribution in [0.4, 0.5) is 0 Å². The standard InChI is InChI=1S/C61H104O4/c1-4-7-10-13-16-19-22-25-28-31-34-37-40-43-46-49-52-63-59-55-58(57-62)56-60(64-53-50-47-44-41-38-35-32-29-26-23-20-17-14-11-8-5-2)61(59)65-54-51-48-45-42-39-36-33-30-27-24-21-18-15-12-9-6-3/h16-21,25-26,28-29,55-57H,4-15,22-24,27,30-54H2,1-3H3/b19-16-,20-17-,21-18-,28-25-,29-26-. The van der Waals surface area contributed by atoms with Gasteiger partial charge in [0, 0.05) is 5.56 Å². The predicted octanol–water partition coefficient (Wildman–Crippen LogP) is 20.3. The van der Waals surface area contributed by atoms with Crippen molar-refractivity contribution >= 4 is 6.29 Å². The summed E-state index contributed by atoms with van der Waals surface area (Å²) in [5, 5.41) is 0. The lowest BCUT2D eigenvalue weighted by Gasteiger charge is -2.18. The van der Waals surface area contributed by atoms with Gasteiger partial charge in [-0.1, -0.05) is 216 Å². The van der Waals surface area contributed by atoms with E-state index in [9.17, 15) is 4.79 Å². The fourth-order valence-corrected chi connectivity index (χ4v) is 8.09. The molecule has 0 N–H and O–H groups in total. The minimum absolute atomic E-state index is 0.579. The quantitative estimate of drug-likeness (QED) is 0.0371. The predicted molar refractivity (Wildman–Crippen MR) is 286 cm³/mol. The molecule has 4 nitrogen and oxygen atoms in total. The molecule has 0 aliphatic carbocycles. The molecule has 0 amide bonds. The number of rotatable bonds is 50. The summed E-state index contributed by atoms with van der Waals surface area (Å²) in [5.74, 6) is 1.97. The van der Waals surface area contributed by atoms with E-state index in [2.05, 4.69) is 81.5 Å². The van der Waals surface area contributed by atoms with Crippen molar-refractivity contribution in [2.24, 2.45) is 0 Å². The van der Waals surface area contributed by atoms with Crippen molar-refractivity contribution in [3.63, 3.8) is 0 Å². The van der Waals surface area contributed by atoms with Crippen LogP contribution in [0.5, 0.6) is 17.2 Å². The van der Waals surface area contributed by atoms with Crippen molar-refractivity contribution in [2.75, 3.05) is 19.8 Å². The van der Waals surface area contributed by atoms with Crippen LogP contribution in [0.1, 0.15) is 275 Å². The molecule has 0 atom stereocenters. The van der Waals surface area contributed by atoms with Gasteiger partial charge in [0.25, 0.3) is 0 Å². The van der Waals surface area contributed by atoms with Gasteiger partial charge < -0.3 is 14.2 Å². The average molecular weight is 901 g/mol. The molecule has 0 unspecified atom stereocenters. The Morgan fingerprint density at radius 2 is 0.585 bits per heavy atom. The lowest BCUT2D eigenvalue weighted by Crippen LogP contribution is -2.07. The summed E-state index contributed by atoms with van der Waals surface area (Å²) in [7, 11) is 0. The zero-order chi connectivity index (χ0) is 46.6. The summed E-state index contributed by atoms with van der Waals surface area (Å²) in [5.41, 5.74) is 0.579. The number of ether oxygens (including phenoxy) is 3. The van der Waals surface area contributed by atoms with Crippen molar-refractivity contribution in [3.05, 3.63) is 78.5 Å². The Morgan fingerprint density at radius 3 is 0.892 bits per heavy atom. The third-order valence-corrected chi connectivity index (χ3v) is 12.3. The van der Waals surface area contributed by atoms with Crippen LogP contribution < -0.4 is 14.2 Å². The molecule has 0 saturated carbocycles. The molecule has 0 heterocycles. The molecule has 0 fully saturated rings. The van der Waals surface area contributed by atoms with Crippen LogP contribution in [-0.4, -0.2) is 26.1 Å². The lowest BCUT2D eigenvalue weighted by molar-refractivity contribution is 0.112. The van der Waals surface area contributed by atoms with Crippen molar-refractivity contribution in [1.82, 2.24) is 0 Å². The second kappa shape index (κ2) is 50.4. The summed E-state index contributed by atoms with van der Waals surface area (Å²) in [6, 6.07) is 3.69. The van der Waals surface area contributed by atoms with Crippen LogP contribution in [0, 0.1) is 0 Å². The second-order valence-electron chi connectivity index (χ2n) is 18.6. The van der Waals surface area contributed by atoms with Crippen LogP contribution in [0.3, 0.4) is 0 Å². The normalized spacial score (nSPS) is 12.0. The number of aldehydes is 1. The van der Waals surface area contributed by atoms with Crippen molar-refractivity contribution < 1.29 is 19.0 Å². The first-order valence-corrected chi connectivity index (χ1v) is 28.0. The topological polar surface area (TPSA) is 44.8 Å². The van der Waals surface area contributed by atoms with Gasteiger partial charge in [-0.2, -0.15) is 0 Å². The van der Waals surface area contributed by atoms with Crippen LogP contribution in [0.2, 0.25) is 0 Å². The van der Waals surface area contributed by atoms with E-state index in [0.717, 1.165) is 51.2 Å². The molecule has 0 aliphatic heterocycles. The maximum atomic E-state index is 12.0.